The summed E-state index contributed by atoms with van der Waals surface area (Å²) < 4.78 is 6.73. The zero-order valence-corrected chi connectivity index (χ0v) is 19.6. The number of aliphatic hydroxyl groups is 1. The van der Waals surface area contributed by atoms with Gasteiger partial charge in [-0.15, -0.1) is 0 Å². The smallest absolute Gasteiger partial charge is 0.192 e. The summed E-state index contributed by atoms with van der Waals surface area (Å²) in [6.07, 6.45) is 17.5. The lowest BCUT2D eigenvalue weighted by Gasteiger charge is -2.32. The molecule has 156 valence electrons. The molecule has 0 unspecified atom stereocenters. The van der Waals surface area contributed by atoms with Crippen molar-refractivity contribution in [2.45, 2.75) is 136 Å². The van der Waals surface area contributed by atoms with Crippen molar-refractivity contribution in [1.29, 1.82) is 0 Å². The van der Waals surface area contributed by atoms with Crippen molar-refractivity contribution in [3.05, 3.63) is 12.2 Å². The average Bonchev–Trinajstić information content (AvgIpc) is 2.66. The van der Waals surface area contributed by atoms with Crippen LogP contribution in [0.4, 0.5) is 0 Å². The molecule has 3 heteroatoms. The van der Waals surface area contributed by atoms with Gasteiger partial charge < -0.3 is 9.53 Å². The Balaban J connectivity index is 4.53. The summed E-state index contributed by atoms with van der Waals surface area (Å²) in [5.41, 5.74) is 0. The predicted molar refractivity (Wildman–Crippen MR) is 119 cm³/mol. The highest BCUT2D eigenvalue weighted by Crippen LogP contribution is 2.26. The molecule has 0 aliphatic heterocycles. The molecule has 0 amide bonds. The monoisotopic (exact) mass is 384 g/mol. The fourth-order valence-electron chi connectivity index (χ4n) is 3.60. The quantitative estimate of drug-likeness (QED) is 0.149. The first-order valence-corrected chi connectivity index (χ1v) is 14.1. The lowest BCUT2D eigenvalue weighted by atomic mass is 10.1. The minimum Gasteiger partial charge on any atom is -0.411 e. The Labute approximate surface area is 165 Å². The van der Waals surface area contributed by atoms with Crippen LogP contribution in [-0.2, 0) is 4.43 Å². The van der Waals surface area contributed by atoms with Crippen LogP contribution in [0.25, 0.3) is 0 Å². The third kappa shape index (κ3) is 12.3. The minimum atomic E-state index is -1.57. The SMILES string of the molecule is CCCCCC[C@@H](O)C/C=C/[C@@H](CCCCCC)O[Si](CC)(CC)CC. The molecule has 2 nitrogen and oxygen atoms in total. The fourth-order valence-corrected chi connectivity index (χ4v) is 6.44. The van der Waals surface area contributed by atoms with E-state index in [1.807, 2.05) is 0 Å². The molecular weight excluding hydrogens is 336 g/mol. The largest absolute Gasteiger partial charge is 0.411 e. The van der Waals surface area contributed by atoms with Gasteiger partial charge in [-0.05, 0) is 37.4 Å². The summed E-state index contributed by atoms with van der Waals surface area (Å²) in [6, 6.07) is 3.62. The van der Waals surface area contributed by atoms with Crippen molar-refractivity contribution < 1.29 is 9.53 Å². The zero-order chi connectivity index (χ0) is 19.7. The molecule has 0 saturated heterocycles. The van der Waals surface area contributed by atoms with Gasteiger partial charge in [0.15, 0.2) is 8.32 Å². The number of aliphatic hydroxyl groups excluding tert-OH is 1. The van der Waals surface area contributed by atoms with Crippen molar-refractivity contribution >= 4 is 8.32 Å². The van der Waals surface area contributed by atoms with Crippen LogP contribution < -0.4 is 0 Å². The fraction of sp³-hybridized carbons (Fsp3) is 0.913. The molecule has 0 rings (SSSR count). The Morgan fingerprint density at radius 2 is 1.31 bits per heavy atom. The molecule has 0 aromatic carbocycles. The summed E-state index contributed by atoms with van der Waals surface area (Å²) in [4.78, 5) is 0. The van der Waals surface area contributed by atoms with Gasteiger partial charge in [0.2, 0.25) is 0 Å². The average molecular weight is 385 g/mol. The molecular formula is C23H48O2Si. The van der Waals surface area contributed by atoms with Gasteiger partial charge in [-0.3, -0.25) is 0 Å². The van der Waals surface area contributed by atoms with Crippen molar-refractivity contribution in [3.63, 3.8) is 0 Å². The first-order valence-electron chi connectivity index (χ1n) is 11.6. The Hall–Kier alpha value is -0.123. The summed E-state index contributed by atoms with van der Waals surface area (Å²) >= 11 is 0. The van der Waals surface area contributed by atoms with Gasteiger partial charge >= 0.3 is 0 Å². The van der Waals surface area contributed by atoms with Crippen LogP contribution in [0.2, 0.25) is 18.1 Å². The highest BCUT2D eigenvalue weighted by atomic mass is 28.4. The molecule has 26 heavy (non-hydrogen) atoms. The summed E-state index contributed by atoms with van der Waals surface area (Å²) in [6.45, 7) is 11.4. The van der Waals surface area contributed by atoms with E-state index in [-0.39, 0.29) is 12.2 Å². The topological polar surface area (TPSA) is 29.5 Å². The minimum absolute atomic E-state index is 0.186. The number of unbranched alkanes of at least 4 members (excludes halogenated alkanes) is 6. The van der Waals surface area contributed by atoms with Gasteiger partial charge in [0.1, 0.15) is 0 Å². The second kappa shape index (κ2) is 17.0. The van der Waals surface area contributed by atoms with Crippen molar-refractivity contribution in [2.75, 3.05) is 0 Å². The molecule has 0 bridgehead atoms. The van der Waals surface area contributed by atoms with E-state index in [1.165, 1.54) is 63.1 Å². The van der Waals surface area contributed by atoms with E-state index in [1.54, 1.807) is 0 Å². The normalized spacial score (nSPS) is 14.8. The van der Waals surface area contributed by atoms with E-state index >= 15 is 0 Å². The van der Waals surface area contributed by atoms with Gasteiger partial charge in [-0.1, -0.05) is 98.1 Å². The summed E-state index contributed by atoms with van der Waals surface area (Å²) in [5, 5.41) is 10.2. The molecule has 0 spiro atoms. The second-order valence-electron chi connectivity index (χ2n) is 7.92. The number of hydrogen-bond donors (Lipinski definition) is 1. The van der Waals surface area contributed by atoms with E-state index < -0.39 is 8.32 Å². The Bertz CT molecular complexity index is 318. The van der Waals surface area contributed by atoms with Crippen LogP contribution in [0.3, 0.4) is 0 Å². The molecule has 0 aromatic rings. The van der Waals surface area contributed by atoms with E-state index in [4.69, 9.17) is 4.43 Å². The number of hydrogen-bond acceptors (Lipinski definition) is 2. The molecule has 0 aliphatic carbocycles. The van der Waals surface area contributed by atoms with Crippen molar-refractivity contribution in [2.24, 2.45) is 0 Å². The maximum absolute atomic E-state index is 10.2. The third-order valence-electron chi connectivity index (χ3n) is 5.83. The molecule has 0 aromatic heterocycles. The zero-order valence-electron chi connectivity index (χ0n) is 18.6. The predicted octanol–water partition coefficient (Wildman–Crippen LogP) is 7.62. The van der Waals surface area contributed by atoms with Crippen LogP contribution in [-0.4, -0.2) is 25.6 Å². The first-order chi connectivity index (χ1) is 12.6. The molecule has 1 N–H and O–H groups in total. The van der Waals surface area contributed by atoms with E-state index in [0.29, 0.717) is 0 Å². The third-order valence-corrected chi connectivity index (χ3v) is 10.5. The van der Waals surface area contributed by atoms with Gasteiger partial charge in [-0.2, -0.15) is 0 Å². The van der Waals surface area contributed by atoms with E-state index in [9.17, 15) is 5.11 Å². The van der Waals surface area contributed by atoms with Gasteiger partial charge in [0.25, 0.3) is 0 Å². The van der Waals surface area contributed by atoms with Crippen LogP contribution in [0, 0.1) is 0 Å². The standard InChI is InChI=1S/C23H48O2Si/c1-6-11-13-15-18-22(24)19-17-21-23(20-16-14-12-7-2)25-26(8-3,9-4)10-5/h17,21-24H,6-16,18-20H2,1-5H3/b21-17+/t22-,23-/m1/s1. The second-order valence-corrected chi connectivity index (χ2v) is 12.6. The molecule has 2 atom stereocenters. The Morgan fingerprint density at radius 1 is 0.769 bits per heavy atom. The molecule has 0 fully saturated rings. The van der Waals surface area contributed by atoms with Crippen LogP contribution in [0.15, 0.2) is 12.2 Å². The summed E-state index contributed by atoms with van der Waals surface area (Å²) in [7, 11) is -1.57. The van der Waals surface area contributed by atoms with E-state index in [0.717, 1.165) is 25.7 Å². The lowest BCUT2D eigenvalue weighted by Crippen LogP contribution is -2.39. The van der Waals surface area contributed by atoms with Crippen molar-refractivity contribution in [1.82, 2.24) is 0 Å². The highest BCUT2D eigenvalue weighted by molar-refractivity contribution is 6.73. The maximum atomic E-state index is 10.2. The maximum Gasteiger partial charge on any atom is 0.192 e. The first kappa shape index (κ1) is 25.9. The molecule has 0 radical (unpaired) electrons. The molecule has 0 saturated carbocycles. The van der Waals surface area contributed by atoms with Gasteiger partial charge in [0.05, 0.1) is 12.2 Å². The van der Waals surface area contributed by atoms with Gasteiger partial charge in [-0.25, -0.2) is 0 Å². The van der Waals surface area contributed by atoms with E-state index in [2.05, 4.69) is 46.8 Å². The van der Waals surface area contributed by atoms with Crippen LogP contribution in [0.5, 0.6) is 0 Å². The molecule has 0 aliphatic rings. The Morgan fingerprint density at radius 3 is 1.81 bits per heavy atom. The van der Waals surface area contributed by atoms with Crippen LogP contribution in [0.1, 0.15) is 105 Å². The van der Waals surface area contributed by atoms with Crippen molar-refractivity contribution in [3.8, 4) is 0 Å². The lowest BCUT2D eigenvalue weighted by molar-refractivity contribution is 0.163. The Kier molecular flexibility index (Phi) is 16.9. The van der Waals surface area contributed by atoms with Crippen LogP contribution >= 0.6 is 0 Å². The number of rotatable bonds is 18. The molecule has 0 heterocycles. The summed E-state index contributed by atoms with van der Waals surface area (Å²) in [5.74, 6) is 0. The highest BCUT2D eigenvalue weighted by Gasteiger charge is 2.31. The van der Waals surface area contributed by atoms with Gasteiger partial charge in [0, 0.05) is 0 Å².